The molecule has 0 amide bonds. The summed E-state index contributed by atoms with van der Waals surface area (Å²) in [5.41, 5.74) is 1.51. The minimum absolute atomic E-state index is 0.129. The van der Waals surface area contributed by atoms with Crippen LogP contribution in [0.5, 0.6) is 0 Å². The normalized spacial score (nSPS) is 17.6. The first-order chi connectivity index (χ1) is 7.79. The molecular formula is C13H31NP2S2. The molecule has 0 aromatic heterocycles. The van der Waals surface area contributed by atoms with Crippen molar-refractivity contribution in [2.45, 2.75) is 84.4 Å². The average molecular weight is 327 g/mol. The first kappa shape index (κ1) is 19.3. The zero-order chi connectivity index (χ0) is 14.9. The zero-order valence-corrected chi connectivity index (χ0v) is 16.9. The largest absolute Gasteiger partial charge is 0.258 e. The summed E-state index contributed by atoms with van der Waals surface area (Å²) >= 11 is 12.2. The summed E-state index contributed by atoms with van der Waals surface area (Å²) in [5, 5.41) is 0.129. The van der Waals surface area contributed by atoms with Gasteiger partial charge in [-0.2, -0.15) is 0 Å². The van der Waals surface area contributed by atoms with Crippen LogP contribution in [0.3, 0.4) is 0 Å². The number of hydrogen-bond donors (Lipinski definition) is 1. The summed E-state index contributed by atoms with van der Waals surface area (Å²) in [6.07, 6.45) is -3.28. The Hall–Kier alpha value is 1.26. The summed E-state index contributed by atoms with van der Waals surface area (Å²) in [4.78, 5) is 3.90. The van der Waals surface area contributed by atoms with Gasteiger partial charge in [-0.25, -0.2) is 0 Å². The van der Waals surface area contributed by atoms with E-state index in [0.717, 1.165) is 0 Å². The van der Waals surface area contributed by atoms with Crippen molar-refractivity contribution in [2.24, 2.45) is 0 Å². The zero-order valence-electron chi connectivity index (χ0n) is 13.4. The van der Waals surface area contributed by atoms with E-state index in [0.29, 0.717) is 17.0 Å². The van der Waals surface area contributed by atoms with Crippen LogP contribution >= 0.6 is 12.4 Å². The lowest BCUT2D eigenvalue weighted by atomic mass is 10.3. The van der Waals surface area contributed by atoms with Gasteiger partial charge in [-0.15, -0.1) is 0 Å². The van der Waals surface area contributed by atoms with Crippen LogP contribution < -0.4 is 4.86 Å². The molecule has 0 bridgehead atoms. The molecule has 110 valence electrons. The second-order valence-corrected chi connectivity index (χ2v) is 18.4. The number of nitrogens with one attached hydrogen (secondary N) is 1. The minimum atomic E-state index is -1.68. The molecule has 1 nitrogen and oxygen atoms in total. The van der Waals surface area contributed by atoms with Crippen molar-refractivity contribution in [2.75, 3.05) is 0 Å². The van der Waals surface area contributed by atoms with Crippen LogP contribution in [0.15, 0.2) is 0 Å². The Morgan fingerprint density at radius 1 is 0.778 bits per heavy atom. The van der Waals surface area contributed by atoms with Gasteiger partial charge in [0.05, 0.1) is 0 Å². The predicted octanol–water partition coefficient (Wildman–Crippen LogP) is 5.39. The van der Waals surface area contributed by atoms with Gasteiger partial charge in [0, 0.05) is 17.5 Å². The van der Waals surface area contributed by atoms with Crippen molar-refractivity contribution in [3.05, 3.63) is 0 Å². The lowest BCUT2D eigenvalue weighted by Gasteiger charge is -2.45. The molecule has 0 aromatic rings. The Morgan fingerprint density at radius 3 is 1.28 bits per heavy atom. The molecule has 18 heavy (non-hydrogen) atoms. The van der Waals surface area contributed by atoms with Crippen molar-refractivity contribution < 1.29 is 0 Å². The summed E-state index contributed by atoms with van der Waals surface area (Å²) in [6.45, 7) is 20.3. The molecule has 0 aliphatic carbocycles. The van der Waals surface area contributed by atoms with E-state index in [-0.39, 0.29) is 5.16 Å². The van der Waals surface area contributed by atoms with E-state index in [2.05, 4.69) is 67.2 Å². The second kappa shape index (κ2) is 6.35. The van der Waals surface area contributed by atoms with Gasteiger partial charge in [-0.3, -0.25) is 4.86 Å². The van der Waals surface area contributed by atoms with Crippen molar-refractivity contribution in [1.82, 2.24) is 4.86 Å². The molecule has 1 N–H and O–H groups in total. The smallest absolute Gasteiger partial charge is 0.0239 e. The lowest BCUT2D eigenvalue weighted by Crippen LogP contribution is -2.32. The van der Waals surface area contributed by atoms with E-state index >= 15 is 0 Å². The third kappa shape index (κ3) is 3.89. The molecule has 0 saturated heterocycles. The van der Waals surface area contributed by atoms with Gasteiger partial charge < -0.3 is 0 Å². The predicted molar refractivity (Wildman–Crippen MR) is 96.9 cm³/mol. The Kier molecular flexibility index (Phi) is 6.80. The molecule has 1 atom stereocenters. The van der Waals surface area contributed by atoms with Gasteiger partial charge in [0.15, 0.2) is 0 Å². The van der Waals surface area contributed by atoms with Gasteiger partial charge >= 0.3 is 0 Å². The number of rotatable bonds is 5. The molecule has 0 spiro atoms. The Balaban J connectivity index is 5.63. The van der Waals surface area contributed by atoms with E-state index in [4.69, 9.17) is 23.6 Å². The first-order valence-electron chi connectivity index (χ1n) is 6.77. The molecule has 5 heteroatoms. The molecule has 0 unspecified atom stereocenters. The molecule has 0 radical (unpaired) electrons. The minimum Gasteiger partial charge on any atom is -0.258 e. The maximum atomic E-state index is 6.11. The van der Waals surface area contributed by atoms with Crippen LogP contribution in [0, 0.1) is 0 Å². The van der Waals surface area contributed by atoms with Crippen LogP contribution in [-0.2, 0) is 23.6 Å². The van der Waals surface area contributed by atoms with Crippen LogP contribution in [0.2, 0.25) is 0 Å². The molecule has 0 aliphatic rings. The van der Waals surface area contributed by atoms with Crippen LogP contribution in [0.4, 0.5) is 0 Å². The highest BCUT2D eigenvalue weighted by Crippen LogP contribution is 2.67. The highest BCUT2D eigenvalue weighted by Gasteiger charge is 2.40. The highest BCUT2D eigenvalue weighted by molar-refractivity contribution is 8.23. The summed E-state index contributed by atoms with van der Waals surface area (Å²) in [7, 11) is 0. The number of hydrogen-bond acceptors (Lipinski definition) is 2. The lowest BCUT2D eigenvalue weighted by molar-refractivity contribution is 0.761. The molecule has 0 rings (SSSR count). The second-order valence-electron chi connectivity index (χ2n) is 6.92. The maximum absolute atomic E-state index is 6.11. The summed E-state index contributed by atoms with van der Waals surface area (Å²) in [6, 6.07) is 0. The molecule has 0 aromatic carbocycles. The van der Waals surface area contributed by atoms with E-state index in [9.17, 15) is 0 Å². The van der Waals surface area contributed by atoms with E-state index in [1.165, 1.54) is 0 Å². The van der Waals surface area contributed by atoms with Gasteiger partial charge in [0.2, 0.25) is 0 Å². The van der Waals surface area contributed by atoms with Crippen molar-refractivity contribution in [3.8, 4) is 0 Å². The third-order valence-electron chi connectivity index (χ3n) is 3.56. The Labute approximate surface area is 125 Å². The standard InChI is InChI=1S/C13H31NP2S2/c1-10(2)15(17,11(3)4)14-16(18,12(5)6)13(7,8)9/h10-12H,1-9H3,(H,14,17,18)/t16-/m0/s1. The highest BCUT2D eigenvalue weighted by atomic mass is 32.5. The molecule has 0 saturated carbocycles. The van der Waals surface area contributed by atoms with Crippen LogP contribution in [-0.4, -0.2) is 22.1 Å². The van der Waals surface area contributed by atoms with Gasteiger partial charge in [-0.1, -0.05) is 85.9 Å². The summed E-state index contributed by atoms with van der Waals surface area (Å²) < 4.78 is 0. The van der Waals surface area contributed by atoms with E-state index in [1.54, 1.807) is 0 Å². The monoisotopic (exact) mass is 327 g/mol. The molecule has 0 heterocycles. The van der Waals surface area contributed by atoms with Crippen LogP contribution in [0.25, 0.3) is 0 Å². The fourth-order valence-electron chi connectivity index (χ4n) is 2.10. The third-order valence-corrected chi connectivity index (χ3v) is 19.4. The van der Waals surface area contributed by atoms with Crippen molar-refractivity contribution in [3.63, 3.8) is 0 Å². The fraction of sp³-hybridized carbons (Fsp3) is 1.00. The quantitative estimate of drug-likeness (QED) is 0.680. The topological polar surface area (TPSA) is 12.0 Å². The summed E-state index contributed by atoms with van der Waals surface area (Å²) in [5.74, 6) is 0. The molecule has 0 fully saturated rings. The Morgan fingerprint density at radius 2 is 1.11 bits per heavy atom. The van der Waals surface area contributed by atoms with Crippen molar-refractivity contribution >= 4 is 36.0 Å². The van der Waals surface area contributed by atoms with E-state index < -0.39 is 12.4 Å². The molecule has 0 aliphatic heterocycles. The average Bonchev–Trinajstić information content (AvgIpc) is 2.14. The Bertz CT molecular complexity index is 356. The molecular weight excluding hydrogens is 296 g/mol. The van der Waals surface area contributed by atoms with Crippen LogP contribution in [0.1, 0.15) is 62.3 Å². The van der Waals surface area contributed by atoms with E-state index in [1.807, 2.05) is 0 Å². The van der Waals surface area contributed by atoms with Gasteiger partial charge in [-0.05, 0) is 17.0 Å². The maximum Gasteiger partial charge on any atom is 0.0239 e. The van der Waals surface area contributed by atoms with Gasteiger partial charge in [0.25, 0.3) is 0 Å². The first-order valence-corrected chi connectivity index (χ1v) is 12.6. The SMILES string of the molecule is CC(C)P(=S)(N[P@](=S)(C(C)C)C(C)(C)C)C(C)C. The van der Waals surface area contributed by atoms with Crippen molar-refractivity contribution in [1.29, 1.82) is 0 Å². The van der Waals surface area contributed by atoms with Gasteiger partial charge in [0.1, 0.15) is 0 Å². The fourth-order valence-corrected chi connectivity index (χ4v) is 13.5.